The number of hydrogen-bond donors (Lipinski definition) is 1. The Kier molecular flexibility index (Phi) is 6.16. The van der Waals surface area contributed by atoms with Crippen LogP contribution in [0.5, 0.6) is 0 Å². The van der Waals surface area contributed by atoms with Crippen molar-refractivity contribution in [1.29, 1.82) is 0 Å². The number of carbonyl (C=O) groups excluding carboxylic acids is 1. The molecule has 7 nitrogen and oxygen atoms in total. The maximum Gasteiger partial charge on any atom is 0.337 e. The summed E-state index contributed by atoms with van der Waals surface area (Å²) in [5, 5.41) is 11.5. The average Bonchev–Trinajstić information content (AvgIpc) is 2.72. The van der Waals surface area contributed by atoms with Crippen LogP contribution in [0.4, 0.5) is 17.5 Å². The van der Waals surface area contributed by atoms with E-state index in [1.54, 1.807) is 24.4 Å². The van der Waals surface area contributed by atoms with Gasteiger partial charge in [-0.15, -0.1) is 5.10 Å². The summed E-state index contributed by atoms with van der Waals surface area (Å²) in [5.74, 6) is 0.692. The lowest BCUT2D eigenvalue weighted by molar-refractivity contribution is 0.0601. The van der Waals surface area contributed by atoms with Crippen molar-refractivity contribution in [3.8, 4) is 0 Å². The van der Waals surface area contributed by atoms with Gasteiger partial charge in [0, 0.05) is 18.3 Å². The van der Waals surface area contributed by atoms with Crippen LogP contribution in [0.25, 0.3) is 0 Å². The van der Waals surface area contributed by atoms with E-state index in [1.165, 1.54) is 12.7 Å². The van der Waals surface area contributed by atoms with E-state index in [2.05, 4.69) is 51.4 Å². The molecule has 7 heteroatoms. The molecular formula is C21H23N5O2. The van der Waals surface area contributed by atoms with Crippen molar-refractivity contribution in [2.75, 3.05) is 17.3 Å². The molecule has 0 saturated heterocycles. The molecule has 0 aliphatic rings. The Morgan fingerprint density at radius 2 is 1.93 bits per heavy atom. The molecule has 0 bridgehead atoms. The van der Waals surface area contributed by atoms with E-state index in [4.69, 9.17) is 4.74 Å². The van der Waals surface area contributed by atoms with Crippen LogP contribution >= 0.6 is 0 Å². The highest BCUT2D eigenvalue weighted by atomic mass is 16.5. The van der Waals surface area contributed by atoms with Gasteiger partial charge < -0.3 is 15.0 Å². The monoisotopic (exact) mass is 377 g/mol. The standard InChI is InChI=1S/C21H23N5O2/c1-15(2)26(14-16-8-5-4-6-9-16)21-24-19(13-22-25-21)23-18-11-7-10-17(12-18)20(27)28-3/h4-13,15H,14H2,1-3H3,(H,23,24,25). The average molecular weight is 377 g/mol. The minimum absolute atomic E-state index is 0.194. The van der Waals surface area contributed by atoms with Crippen LogP contribution in [0, 0.1) is 0 Å². The Balaban J connectivity index is 1.82. The number of anilines is 3. The second kappa shape index (κ2) is 8.94. The zero-order valence-corrected chi connectivity index (χ0v) is 16.2. The number of esters is 1. The zero-order chi connectivity index (χ0) is 19.9. The SMILES string of the molecule is COC(=O)c1cccc(Nc2cnnc(N(Cc3ccccc3)C(C)C)n2)c1. The molecular weight excluding hydrogens is 354 g/mol. The van der Waals surface area contributed by atoms with E-state index in [-0.39, 0.29) is 12.0 Å². The third kappa shape index (κ3) is 4.82. The van der Waals surface area contributed by atoms with E-state index in [0.717, 1.165) is 0 Å². The minimum Gasteiger partial charge on any atom is -0.465 e. The van der Waals surface area contributed by atoms with E-state index < -0.39 is 0 Å². The van der Waals surface area contributed by atoms with Gasteiger partial charge in [0.25, 0.3) is 0 Å². The highest BCUT2D eigenvalue weighted by Crippen LogP contribution is 2.20. The lowest BCUT2D eigenvalue weighted by Gasteiger charge is -2.26. The number of ether oxygens (including phenoxy) is 1. The van der Waals surface area contributed by atoms with Crippen molar-refractivity contribution in [2.24, 2.45) is 0 Å². The van der Waals surface area contributed by atoms with Crippen LogP contribution in [0.15, 0.2) is 60.8 Å². The number of hydrogen-bond acceptors (Lipinski definition) is 7. The van der Waals surface area contributed by atoms with Crippen LogP contribution in [0.1, 0.15) is 29.8 Å². The minimum atomic E-state index is -0.390. The second-order valence-corrected chi connectivity index (χ2v) is 6.55. The highest BCUT2D eigenvalue weighted by Gasteiger charge is 2.15. The summed E-state index contributed by atoms with van der Waals surface area (Å²) < 4.78 is 4.76. The van der Waals surface area contributed by atoms with Gasteiger partial charge in [-0.3, -0.25) is 0 Å². The van der Waals surface area contributed by atoms with E-state index in [1.807, 2.05) is 24.3 Å². The van der Waals surface area contributed by atoms with Gasteiger partial charge in [-0.1, -0.05) is 36.4 Å². The summed E-state index contributed by atoms with van der Waals surface area (Å²) in [6.45, 7) is 4.86. The van der Waals surface area contributed by atoms with Crippen LogP contribution in [-0.2, 0) is 11.3 Å². The first kappa shape index (κ1) is 19.3. The first-order chi connectivity index (χ1) is 13.6. The van der Waals surface area contributed by atoms with Crippen molar-refractivity contribution in [1.82, 2.24) is 15.2 Å². The van der Waals surface area contributed by atoms with Gasteiger partial charge in [0.1, 0.15) is 0 Å². The number of methoxy groups -OCH3 is 1. The summed E-state index contributed by atoms with van der Waals surface area (Å²) in [7, 11) is 1.36. The predicted molar refractivity (Wildman–Crippen MR) is 109 cm³/mol. The van der Waals surface area contributed by atoms with Gasteiger partial charge >= 0.3 is 5.97 Å². The van der Waals surface area contributed by atoms with Gasteiger partial charge in [0.05, 0.1) is 18.9 Å². The van der Waals surface area contributed by atoms with E-state index >= 15 is 0 Å². The second-order valence-electron chi connectivity index (χ2n) is 6.55. The van der Waals surface area contributed by atoms with Crippen molar-refractivity contribution >= 4 is 23.4 Å². The molecule has 0 aliphatic carbocycles. The zero-order valence-electron chi connectivity index (χ0n) is 16.2. The van der Waals surface area contributed by atoms with Gasteiger partial charge in [0.2, 0.25) is 5.95 Å². The smallest absolute Gasteiger partial charge is 0.337 e. The molecule has 28 heavy (non-hydrogen) atoms. The molecule has 144 valence electrons. The maximum absolute atomic E-state index is 11.7. The Bertz CT molecular complexity index is 931. The van der Waals surface area contributed by atoms with Crippen molar-refractivity contribution in [3.05, 3.63) is 71.9 Å². The predicted octanol–water partition coefficient (Wildman–Crippen LogP) is 3.82. The molecule has 1 heterocycles. The van der Waals surface area contributed by atoms with Crippen LogP contribution in [-0.4, -0.2) is 34.3 Å². The Labute approximate surface area is 164 Å². The first-order valence-electron chi connectivity index (χ1n) is 9.02. The topological polar surface area (TPSA) is 80.2 Å². The largest absolute Gasteiger partial charge is 0.465 e. The Morgan fingerprint density at radius 3 is 2.64 bits per heavy atom. The number of benzene rings is 2. The van der Waals surface area contributed by atoms with Gasteiger partial charge in [-0.25, -0.2) is 4.79 Å². The molecule has 3 rings (SSSR count). The number of aromatic nitrogens is 3. The van der Waals surface area contributed by atoms with Crippen molar-refractivity contribution < 1.29 is 9.53 Å². The third-order valence-corrected chi connectivity index (χ3v) is 4.18. The fourth-order valence-corrected chi connectivity index (χ4v) is 2.73. The van der Waals surface area contributed by atoms with Crippen LogP contribution in [0.2, 0.25) is 0 Å². The first-order valence-corrected chi connectivity index (χ1v) is 9.02. The van der Waals surface area contributed by atoms with E-state index in [9.17, 15) is 4.79 Å². The third-order valence-electron chi connectivity index (χ3n) is 4.18. The fraction of sp³-hybridized carbons (Fsp3) is 0.238. The Hall–Kier alpha value is -3.48. The normalized spacial score (nSPS) is 10.6. The molecule has 0 saturated carbocycles. The Morgan fingerprint density at radius 1 is 1.14 bits per heavy atom. The van der Waals surface area contributed by atoms with Crippen molar-refractivity contribution in [3.63, 3.8) is 0 Å². The van der Waals surface area contributed by atoms with Gasteiger partial charge in [-0.2, -0.15) is 10.1 Å². The van der Waals surface area contributed by atoms with Crippen molar-refractivity contribution in [2.45, 2.75) is 26.4 Å². The molecule has 0 spiro atoms. The summed E-state index contributed by atoms with van der Waals surface area (Å²) in [6, 6.07) is 17.4. The van der Waals surface area contributed by atoms with Crippen LogP contribution in [0.3, 0.4) is 0 Å². The molecule has 0 aliphatic heterocycles. The summed E-state index contributed by atoms with van der Waals surface area (Å²) in [5.41, 5.74) is 2.35. The lowest BCUT2D eigenvalue weighted by Crippen LogP contribution is -2.32. The van der Waals surface area contributed by atoms with E-state index in [0.29, 0.717) is 29.6 Å². The highest BCUT2D eigenvalue weighted by molar-refractivity contribution is 5.90. The molecule has 2 aromatic carbocycles. The number of nitrogens with one attached hydrogen (secondary N) is 1. The summed E-state index contributed by atoms with van der Waals surface area (Å²) >= 11 is 0. The molecule has 0 radical (unpaired) electrons. The molecule has 0 unspecified atom stereocenters. The molecule has 1 N–H and O–H groups in total. The lowest BCUT2D eigenvalue weighted by atomic mass is 10.2. The van der Waals surface area contributed by atoms with Gasteiger partial charge in [0.15, 0.2) is 5.82 Å². The molecule has 0 amide bonds. The molecule has 0 fully saturated rings. The van der Waals surface area contributed by atoms with Crippen LogP contribution < -0.4 is 10.2 Å². The number of rotatable bonds is 7. The number of carbonyl (C=O) groups is 1. The number of nitrogens with zero attached hydrogens (tertiary/aromatic N) is 4. The fourth-order valence-electron chi connectivity index (χ4n) is 2.73. The molecule has 0 atom stereocenters. The summed E-state index contributed by atoms with van der Waals surface area (Å²) in [6.07, 6.45) is 1.55. The maximum atomic E-state index is 11.7. The molecule has 3 aromatic rings. The summed E-state index contributed by atoms with van der Waals surface area (Å²) in [4.78, 5) is 18.4. The quantitative estimate of drug-likeness (QED) is 0.627. The molecule has 1 aromatic heterocycles. The van der Waals surface area contributed by atoms with Gasteiger partial charge in [-0.05, 0) is 37.6 Å².